The number of nitrogens with zero attached hydrogens (tertiary/aromatic N) is 2. The third-order valence-electron chi connectivity index (χ3n) is 3.38. The number of morpholine rings is 1. The molecule has 3 atom stereocenters. The number of hydrogen-bond acceptors (Lipinski definition) is 3. The van der Waals surface area contributed by atoms with Gasteiger partial charge in [0.1, 0.15) is 5.38 Å². The van der Waals surface area contributed by atoms with Gasteiger partial charge < -0.3 is 4.74 Å². The summed E-state index contributed by atoms with van der Waals surface area (Å²) in [5.74, 6) is 0. The molecule has 0 bridgehead atoms. The minimum atomic E-state index is -0.384. The minimum Gasteiger partial charge on any atom is -0.375 e. The first-order valence-corrected chi connectivity index (χ1v) is 6.14. The molecule has 0 N–H and O–H groups in total. The molecule has 2 rings (SSSR count). The third-order valence-corrected chi connectivity index (χ3v) is 3.62. The Morgan fingerprint density at radius 1 is 1.47 bits per heavy atom. The van der Waals surface area contributed by atoms with Crippen LogP contribution < -0.4 is 0 Å². The summed E-state index contributed by atoms with van der Waals surface area (Å²) < 4.78 is 5.76. The Kier molecular flexibility index (Phi) is 3.85. The molecule has 1 aliphatic carbocycles. The maximum absolute atomic E-state index is 8.72. The van der Waals surface area contributed by atoms with E-state index in [4.69, 9.17) is 21.6 Å². The van der Waals surface area contributed by atoms with E-state index in [9.17, 15) is 0 Å². The molecular formula is C11H17ClN2O. The summed E-state index contributed by atoms with van der Waals surface area (Å²) in [6.45, 7) is 2.39. The van der Waals surface area contributed by atoms with Gasteiger partial charge >= 0.3 is 0 Å². The fourth-order valence-electron chi connectivity index (χ4n) is 2.65. The van der Waals surface area contributed by atoms with Crippen molar-refractivity contribution in [3.05, 3.63) is 0 Å². The van der Waals surface area contributed by atoms with E-state index in [1.165, 1.54) is 25.7 Å². The van der Waals surface area contributed by atoms with Crippen LogP contribution >= 0.6 is 11.6 Å². The van der Waals surface area contributed by atoms with E-state index >= 15 is 0 Å². The minimum absolute atomic E-state index is 0.384. The van der Waals surface area contributed by atoms with Crippen molar-refractivity contribution in [2.75, 3.05) is 19.7 Å². The molecule has 0 spiro atoms. The standard InChI is InChI=1S/C11H17ClN2O/c12-9(7-13)8-14-5-6-15-11-4-2-1-3-10(11)14/h9-11H,1-6,8H2. The van der Waals surface area contributed by atoms with Gasteiger partial charge in [0.2, 0.25) is 0 Å². The first-order valence-electron chi connectivity index (χ1n) is 5.70. The highest BCUT2D eigenvalue weighted by molar-refractivity contribution is 6.22. The van der Waals surface area contributed by atoms with Crippen LogP contribution in [-0.2, 0) is 4.74 Å². The van der Waals surface area contributed by atoms with Crippen molar-refractivity contribution in [2.45, 2.75) is 43.2 Å². The van der Waals surface area contributed by atoms with Gasteiger partial charge in [-0.25, -0.2) is 0 Å². The molecule has 0 radical (unpaired) electrons. The van der Waals surface area contributed by atoms with Gasteiger partial charge in [-0.1, -0.05) is 12.8 Å². The average Bonchev–Trinajstić information content (AvgIpc) is 2.29. The van der Waals surface area contributed by atoms with E-state index in [1.807, 2.05) is 0 Å². The lowest BCUT2D eigenvalue weighted by Gasteiger charge is -2.44. The second kappa shape index (κ2) is 5.16. The van der Waals surface area contributed by atoms with Crippen molar-refractivity contribution in [2.24, 2.45) is 0 Å². The zero-order chi connectivity index (χ0) is 10.7. The van der Waals surface area contributed by atoms with Crippen molar-refractivity contribution in [1.29, 1.82) is 5.26 Å². The monoisotopic (exact) mass is 228 g/mol. The number of rotatable bonds is 2. The van der Waals surface area contributed by atoms with Gasteiger partial charge in [0.05, 0.1) is 18.8 Å². The van der Waals surface area contributed by atoms with Gasteiger partial charge in [0.15, 0.2) is 0 Å². The average molecular weight is 229 g/mol. The SMILES string of the molecule is N#CC(Cl)CN1CCOC2CCCCC21. The molecule has 0 aromatic heterocycles. The van der Waals surface area contributed by atoms with Gasteiger partial charge in [-0.3, -0.25) is 4.90 Å². The normalized spacial score (nSPS) is 34.1. The third kappa shape index (κ3) is 2.63. The second-order valence-corrected chi connectivity index (χ2v) is 4.88. The molecule has 2 aliphatic rings. The Morgan fingerprint density at radius 2 is 2.27 bits per heavy atom. The zero-order valence-corrected chi connectivity index (χ0v) is 9.62. The fourth-order valence-corrected chi connectivity index (χ4v) is 2.83. The fraction of sp³-hybridized carbons (Fsp3) is 0.909. The summed E-state index contributed by atoms with van der Waals surface area (Å²) in [4.78, 5) is 2.34. The zero-order valence-electron chi connectivity index (χ0n) is 8.86. The van der Waals surface area contributed by atoms with E-state index in [0.29, 0.717) is 18.7 Å². The molecular weight excluding hydrogens is 212 g/mol. The van der Waals surface area contributed by atoms with Crippen molar-refractivity contribution in [1.82, 2.24) is 4.90 Å². The molecule has 15 heavy (non-hydrogen) atoms. The van der Waals surface area contributed by atoms with Crippen LogP contribution in [0, 0.1) is 11.3 Å². The van der Waals surface area contributed by atoms with Crippen molar-refractivity contribution in [3.63, 3.8) is 0 Å². The van der Waals surface area contributed by atoms with Crippen LogP contribution in [0.15, 0.2) is 0 Å². The first kappa shape index (κ1) is 11.2. The number of fused-ring (bicyclic) bond motifs is 1. The Balaban J connectivity index is 1.95. The van der Waals surface area contributed by atoms with Gasteiger partial charge in [0.25, 0.3) is 0 Å². The lowest BCUT2D eigenvalue weighted by molar-refractivity contribution is -0.0869. The smallest absolute Gasteiger partial charge is 0.133 e. The van der Waals surface area contributed by atoms with Crippen molar-refractivity contribution < 1.29 is 4.74 Å². The number of alkyl halides is 1. The Bertz CT molecular complexity index is 251. The van der Waals surface area contributed by atoms with Crippen LogP contribution in [0.1, 0.15) is 25.7 Å². The van der Waals surface area contributed by atoms with Crippen molar-refractivity contribution >= 4 is 11.6 Å². The summed E-state index contributed by atoms with van der Waals surface area (Å²) in [7, 11) is 0. The summed E-state index contributed by atoms with van der Waals surface area (Å²) in [5, 5.41) is 8.34. The van der Waals surface area contributed by atoms with Gasteiger partial charge in [-0.2, -0.15) is 5.26 Å². The molecule has 1 aliphatic heterocycles. The molecule has 1 heterocycles. The van der Waals surface area contributed by atoms with E-state index in [2.05, 4.69) is 11.0 Å². The van der Waals surface area contributed by atoms with E-state index in [-0.39, 0.29) is 5.38 Å². The van der Waals surface area contributed by atoms with Crippen LogP contribution in [0.3, 0.4) is 0 Å². The van der Waals surface area contributed by atoms with E-state index in [1.54, 1.807) is 0 Å². The predicted octanol–water partition coefficient (Wildman–Crippen LogP) is 1.76. The number of halogens is 1. The second-order valence-electron chi connectivity index (χ2n) is 4.35. The van der Waals surface area contributed by atoms with Crippen LogP contribution in [0.2, 0.25) is 0 Å². The Morgan fingerprint density at radius 3 is 3.07 bits per heavy atom. The summed E-state index contributed by atoms with van der Waals surface area (Å²) in [5.41, 5.74) is 0. The number of ether oxygens (including phenoxy) is 1. The van der Waals surface area contributed by atoms with Crippen LogP contribution in [0.25, 0.3) is 0 Å². The maximum Gasteiger partial charge on any atom is 0.133 e. The predicted molar refractivity (Wildman–Crippen MR) is 58.8 cm³/mol. The molecule has 1 saturated carbocycles. The highest BCUT2D eigenvalue weighted by atomic mass is 35.5. The van der Waals surface area contributed by atoms with Gasteiger partial charge in [0, 0.05) is 19.1 Å². The molecule has 3 unspecified atom stereocenters. The molecule has 0 aromatic carbocycles. The summed E-state index contributed by atoms with van der Waals surface area (Å²) in [6, 6.07) is 2.59. The van der Waals surface area contributed by atoms with E-state index in [0.717, 1.165) is 13.2 Å². The van der Waals surface area contributed by atoms with Crippen LogP contribution in [-0.4, -0.2) is 42.1 Å². The maximum atomic E-state index is 8.72. The van der Waals surface area contributed by atoms with Gasteiger partial charge in [-0.05, 0) is 12.8 Å². The van der Waals surface area contributed by atoms with E-state index < -0.39 is 0 Å². The van der Waals surface area contributed by atoms with Gasteiger partial charge in [-0.15, -0.1) is 11.6 Å². The highest BCUT2D eigenvalue weighted by Crippen LogP contribution is 2.28. The topological polar surface area (TPSA) is 36.3 Å². The summed E-state index contributed by atoms with van der Waals surface area (Å²) >= 11 is 5.89. The first-order chi connectivity index (χ1) is 7.31. The Hall–Kier alpha value is -0.300. The molecule has 0 aromatic rings. The largest absolute Gasteiger partial charge is 0.375 e. The molecule has 84 valence electrons. The van der Waals surface area contributed by atoms with Crippen LogP contribution in [0.5, 0.6) is 0 Å². The lowest BCUT2D eigenvalue weighted by atomic mass is 9.90. The lowest BCUT2D eigenvalue weighted by Crippen LogP contribution is -2.53. The Labute approximate surface area is 95.9 Å². The van der Waals surface area contributed by atoms with Crippen LogP contribution in [0.4, 0.5) is 0 Å². The highest BCUT2D eigenvalue weighted by Gasteiger charge is 2.34. The number of hydrogen-bond donors (Lipinski definition) is 0. The summed E-state index contributed by atoms with van der Waals surface area (Å²) in [6.07, 6.45) is 5.30. The molecule has 0 amide bonds. The molecule has 2 fully saturated rings. The molecule has 4 heteroatoms. The quantitative estimate of drug-likeness (QED) is 0.676. The van der Waals surface area contributed by atoms with Crippen molar-refractivity contribution in [3.8, 4) is 6.07 Å². The molecule has 3 nitrogen and oxygen atoms in total. The number of nitriles is 1. The molecule has 1 saturated heterocycles.